The van der Waals surface area contributed by atoms with Crippen LogP contribution in [0.2, 0.25) is 0 Å². The van der Waals surface area contributed by atoms with Gasteiger partial charge in [-0.2, -0.15) is 0 Å². The second-order valence-electron chi connectivity index (χ2n) is 5.67. The molecule has 0 spiro atoms. The molecule has 0 bridgehead atoms. The van der Waals surface area contributed by atoms with Crippen molar-refractivity contribution in [3.63, 3.8) is 0 Å². The van der Waals surface area contributed by atoms with Crippen LogP contribution in [-0.4, -0.2) is 27.5 Å². The Hall–Kier alpha value is -2.02. The molecule has 22 heavy (non-hydrogen) atoms. The molecule has 116 valence electrons. The van der Waals surface area contributed by atoms with Crippen molar-refractivity contribution in [2.24, 2.45) is 0 Å². The van der Waals surface area contributed by atoms with Crippen LogP contribution in [0.5, 0.6) is 0 Å². The summed E-state index contributed by atoms with van der Waals surface area (Å²) in [5.74, 6) is 1.59. The third-order valence-corrected chi connectivity index (χ3v) is 4.69. The summed E-state index contributed by atoms with van der Waals surface area (Å²) in [5, 5.41) is 8.65. The molecule has 1 fully saturated rings. The Bertz CT molecular complexity index is 650. The van der Waals surface area contributed by atoms with Gasteiger partial charge in [0.25, 0.3) is 0 Å². The third kappa shape index (κ3) is 3.79. The number of aromatic nitrogens is 3. The smallest absolute Gasteiger partial charge is 0.319 e. The number of carbonyl (C=O) groups excluding carboxylic acids is 1. The number of hydrogen-bond acceptors (Lipinski definition) is 5. The van der Waals surface area contributed by atoms with E-state index in [1.165, 1.54) is 12.8 Å². The molecule has 1 atom stereocenters. The van der Waals surface area contributed by atoms with E-state index in [2.05, 4.69) is 25.6 Å². The van der Waals surface area contributed by atoms with Crippen LogP contribution < -0.4 is 10.6 Å². The molecule has 0 aromatic carbocycles. The minimum Gasteiger partial charge on any atom is -0.337 e. The molecular weight excluding hydrogens is 298 g/mol. The molecule has 2 aromatic heterocycles. The first kappa shape index (κ1) is 14.9. The molecule has 2 heterocycles. The highest BCUT2D eigenvalue weighted by Crippen LogP contribution is 2.37. The third-order valence-electron chi connectivity index (χ3n) is 3.50. The van der Waals surface area contributed by atoms with Gasteiger partial charge in [0.1, 0.15) is 5.82 Å². The first-order valence-corrected chi connectivity index (χ1v) is 8.28. The number of urea groups is 1. The second kappa shape index (κ2) is 6.39. The van der Waals surface area contributed by atoms with Gasteiger partial charge in [0.05, 0.1) is 23.1 Å². The molecule has 1 saturated carbocycles. The van der Waals surface area contributed by atoms with E-state index in [1.54, 1.807) is 23.7 Å². The molecule has 0 aliphatic heterocycles. The predicted molar refractivity (Wildman–Crippen MR) is 86.3 cm³/mol. The van der Waals surface area contributed by atoms with Crippen LogP contribution in [0, 0.1) is 6.92 Å². The maximum Gasteiger partial charge on any atom is 0.319 e. The van der Waals surface area contributed by atoms with Crippen molar-refractivity contribution in [1.82, 2.24) is 20.3 Å². The second-order valence-corrected chi connectivity index (χ2v) is 6.56. The number of rotatable bonds is 5. The molecule has 6 nitrogen and oxygen atoms in total. The van der Waals surface area contributed by atoms with Gasteiger partial charge in [-0.15, -0.1) is 11.3 Å². The normalized spacial score (nSPS) is 15.4. The van der Waals surface area contributed by atoms with Crippen LogP contribution in [0.25, 0.3) is 0 Å². The highest BCUT2D eigenvalue weighted by molar-refractivity contribution is 7.09. The van der Waals surface area contributed by atoms with Gasteiger partial charge in [0.2, 0.25) is 0 Å². The predicted octanol–water partition coefficient (Wildman–Crippen LogP) is 3.04. The lowest BCUT2D eigenvalue weighted by atomic mass is 10.2. The molecule has 0 saturated heterocycles. The molecule has 2 amide bonds. The van der Waals surface area contributed by atoms with E-state index in [1.807, 2.05) is 19.2 Å². The van der Waals surface area contributed by atoms with E-state index in [-0.39, 0.29) is 11.9 Å². The van der Waals surface area contributed by atoms with E-state index in [9.17, 15) is 4.79 Å². The van der Waals surface area contributed by atoms with Gasteiger partial charge in [-0.3, -0.25) is 0 Å². The van der Waals surface area contributed by atoms with Gasteiger partial charge in [-0.05, 0) is 19.8 Å². The SMILES string of the molecule is Cc1csc([C@H](C)CNC(=O)Nc2cnc(C3CC3)nc2)n1. The number of anilines is 1. The summed E-state index contributed by atoms with van der Waals surface area (Å²) in [6, 6.07) is -0.247. The highest BCUT2D eigenvalue weighted by Gasteiger charge is 2.26. The fraction of sp³-hybridized carbons (Fsp3) is 0.467. The summed E-state index contributed by atoms with van der Waals surface area (Å²) in [7, 11) is 0. The molecular formula is C15H19N5OS. The minimum atomic E-state index is -0.247. The summed E-state index contributed by atoms with van der Waals surface area (Å²) >= 11 is 1.62. The zero-order chi connectivity index (χ0) is 15.5. The average Bonchev–Trinajstić information content (AvgIpc) is 3.27. The largest absolute Gasteiger partial charge is 0.337 e. The van der Waals surface area contributed by atoms with E-state index in [0.29, 0.717) is 18.2 Å². The summed E-state index contributed by atoms with van der Waals surface area (Å²) in [5.41, 5.74) is 1.63. The van der Waals surface area contributed by atoms with Crippen molar-refractivity contribution >= 4 is 23.1 Å². The summed E-state index contributed by atoms with van der Waals surface area (Å²) in [6.45, 7) is 4.56. The van der Waals surface area contributed by atoms with E-state index in [4.69, 9.17) is 0 Å². The zero-order valence-electron chi connectivity index (χ0n) is 12.7. The molecule has 0 radical (unpaired) electrons. The minimum absolute atomic E-state index is 0.193. The van der Waals surface area contributed by atoms with Crippen molar-refractivity contribution in [3.05, 3.63) is 34.3 Å². The molecule has 3 rings (SSSR count). The summed E-state index contributed by atoms with van der Waals surface area (Å²) < 4.78 is 0. The van der Waals surface area contributed by atoms with Crippen molar-refractivity contribution in [1.29, 1.82) is 0 Å². The topological polar surface area (TPSA) is 79.8 Å². The number of nitrogens with one attached hydrogen (secondary N) is 2. The van der Waals surface area contributed by atoms with Crippen LogP contribution in [0.1, 0.15) is 48.1 Å². The number of thiazole rings is 1. The van der Waals surface area contributed by atoms with Gasteiger partial charge >= 0.3 is 6.03 Å². The number of nitrogens with zero attached hydrogens (tertiary/aromatic N) is 3. The van der Waals surface area contributed by atoms with Crippen LogP contribution in [0.3, 0.4) is 0 Å². The Morgan fingerprint density at radius 3 is 2.73 bits per heavy atom. The Kier molecular flexibility index (Phi) is 4.33. The van der Waals surface area contributed by atoms with Gasteiger partial charge in [0.15, 0.2) is 0 Å². The van der Waals surface area contributed by atoms with Gasteiger partial charge in [0, 0.05) is 29.5 Å². The lowest BCUT2D eigenvalue weighted by Gasteiger charge is -2.11. The highest BCUT2D eigenvalue weighted by atomic mass is 32.1. The van der Waals surface area contributed by atoms with Crippen molar-refractivity contribution in [2.45, 2.75) is 38.5 Å². The summed E-state index contributed by atoms with van der Waals surface area (Å²) in [4.78, 5) is 24.9. The van der Waals surface area contributed by atoms with Crippen LogP contribution in [0.4, 0.5) is 10.5 Å². The standard InChI is InChI=1S/C15H19N5OS/c1-9(14-19-10(2)8-22-14)5-18-15(21)20-12-6-16-13(17-7-12)11-3-4-11/h6-9,11H,3-5H2,1-2H3,(H2,18,20,21)/t9-/m1/s1. The molecule has 1 aliphatic rings. The lowest BCUT2D eigenvalue weighted by molar-refractivity contribution is 0.251. The van der Waals surface area contributed by atoms with Crippen LogP contribution in [-0.2, 0) is 0 Å². The zero-order valence-corrected chi connectivity index (χ0v) is 13.5. The fourth-order valence-corrected chi connectivity index (χ4v) is 2.92. The van der Waals surface area contributed by atoms with Crippen molar-refractivity contribution < 1.29 is 4.79 Å². The Labute approximate surface area is 133 Å². The number of hydrogen-bond donors (Lipinski definition) is 2. The van der Waals surface area contributed by atoms with Gasteiger partial charge in [-0.1, -0.05) is 6.92 Å². The fourth-order valence-electron chi connectivity index (χ4n) is 2.06. The van der Waals surface area contributed by atoms with Crippen molar-refractivity contribution in [3.8, 4) is 0 Å². The first-order chi connectivity index (χ1) is 10.6. The van der Waals surface area contributed by atoms with Crippen LogP contribution >= 0.6 is 11.3 Å². The first-order valence-electron chi connectivity index (χ1n) is 7.40. The lowest BCUT2D eigenvalue weighted by Crippen LogP contribution is -2.31. The van der Waals surface area contributed by atoms with Crippen molar-refractivity contribution in [2.75, 3.05) is 11.9 Å². The Balaban J connectivity index is 1.47. The number of aryl methyl sites for hydroxylation is 1. The maximum atomic E-state index is 11.9. The van der Waals surface area contributed by atoms with E-state index < -0.39 is 0 Å². The average molecular weight is 317 g/mol. The maximum absolute atomic E-state index is 11.9. The van der Waals surface area contributed by atoms with Crippen LogP contribution in [0.15, 0.2) is 17.8 Å². The Morgan fingerprint density at radius 2 is 2.14 bits per heavy atom. The number of amides is 2. The number of carbonyl (C=O) groups is 1. The quantitative estimate of drug-likeness (QED) is 0.888. The van der Waals surface area contributed by atoms with E-state index in [0.717, 1.165) is 16.5 Å². The summed E-state index contributed by atoms with van der Waals surface area (Å²) in [6.07, 6.45) is 5.66. The molecule has 2 N–H and O–H groups in total. The molecule has 7 heteroatoms. The van der Waals surface area contributed by atoms with Gasteiger partial charge < -0.3 is 10.6 Å². The Morgan fingerprint density at radius 1 is 1.41 bits per heavy atom. The van der Waals surface area contributed by atoms with E-state index >= 15 is 0 Å². The molecule has 2 aromatic rings. The molecule has 1 aliphatic carbocycles. The molecule has 0 unspecified atom stereocenters. The van der Waals surface area contributed by atoms with Gasteiger partial charge in [-0.25, -0.2) is 19.7 Å². The monoisotopic (exact) mass is 317 g/mol.